The van der Waals surface area contributed by atoms with Gasteiger partial charge in [-0.15, -0.1) is 15.7 Å². The van der Waals surface area contributed by atoms with Gasteiger partial charge in [-0.3, -0.25) is 10.1 Å². The number of carbonyl (C=O) groups is 1. The average molecular weight is 479 g/mol. The molecule has 0 radical (unpaired) electrons. The standard InChI is InChI=1S/C23H18N4O4S2/c1-13-11-18(14(2)31-13)19-12-32-23(25-19)26-22(28)15-7-9-16(10-8-15)24-21-17-5-3-4-6-20(17)33(29,30)27-21/h3-12H,1-2H3,(H,24,27)(H,25,26,28). The molecule has 10 heteroatoms. The highest BCUT2D eigenvalue weighted by molar-refractivity contribution is 7.90. The Morgan fingerprint density at radius 1 is 1.03 bits per heavy atom. The molecule has 166 valence electrons. The molecule has 1 aliphatic rings. The number of nitrogens with zero attached hydrogens (tertiary/aromatic N) is 2. The lowest BCUT2D eigenvalue weighted by Crippen LogP contribution is -2.13. The Morgan fingerprint density at radius 2 is 1.79 bits per heavy atom. The molecule has 0 unspecified atom stereocenters. The van der Waals surface area contributed by atoms with Gasteiger partial charge in [0.2, 0.25) is 0 Å². The van der Waals surface area contributed by atoms with E-state index in [2.05, 4.69) is 20.0 Å². The second kappa shape index (κ2) is 7.98. The minimum Gasteiger partial charge on any atom is -0.466 e. The van der Waals surface area contributed by atoms with Crippen molar-refractivity contribution >= 4 is 43.9 Å². The maximum absolute atomic E-state index is 12.6. The third kappa shape index (κ3) is 4.06. The van der Waals surface area contributed by atoms with E-state index in [1.165, 1.54) is 17.4 Å². The zero-order valence-corrected chi connectivity index (χ0v) is 19.3. The molecule has 3 heterocycles. The summed E-state index contributed by atoms with van der Waals surface area (Å²) in [5.41, 5.74) is 3.21. The number of benzene rings is 2. The largest absolute Gasteiger partial charge is 0.466 e. The van der Waals surface area contributed by atoms with E-state index in [-0.39, 0.29) is 16.6 Å². The van der Waals surface area contributed by atoms with E-state index in [0.717, 1.165) is 22.8 Å². The third-order valence-electron chi connectivity index (χ3n) is 5.08. The molecule has 8 nitrogen and oxygen atoms in total. The number of furan rings is 1. The summed E-state index contributed by atoms with van der Waals surface area (Å²) in [5.74, 6) is 1.54. The highest BCUT2D eigenvalue weighted by atomic mass is 32.2. The lowest BCUT2D eigenvalue weighted by Gasteiger charge is -2.07. The van der Waals surface area contributed by atoms with Crippen molar-refractivity contribution in [2.75, 3.05) is 10.6 Å². The van der Waals surface area contributed by atoms with Crippen LogP contribution in [0.2, 0.25) is 0 Å². The van der Waals surface area contributed by atoms with E-state index in [1.807, 2.05) is 25.3 Å². The molecule has 0 aliphatic carbocycles. The number of sulfonamides is 1. The number of hydrogen-bond acceptors (Lipinski definition) is 7. The molecule has 0 bridgehead atoms. The van der Waals surface area contributed by atoms with Crippen LogP contribution in [0.3, 0.4) is 0 Å². The first-order valence-corrected chi connectivity index (χ1v) is 12.3. The fraction of sp³-hybridized carbons (Fsp3) is 0.0870. The Hall–Kier alpha value is -3.76. The molecule has 0 fully saturated rings. The van der Waals surface area contributed by atoms with Crippen LogP contribution in [-0.4, -0.2) is 25.1 Å². The monoisotopic (exact) mass is 478 g/mol. The van der Waals surface area contributed by atoms with Gasteiger partial charge in [-0.2, -0.15) is 8.42 Å². The number of amides is 1. The fourth-order valence-electron chi connectivity index (χ4n) is 3.55. The van der Waals surface area contributed by atoms with Crippen LogP contribution in [0, 0.1) is 13.8 Å². The first-order valence-electron chi connectivity index (χ1n) is 9.96. The van der Waals surface area contributed by atoms with Crippen LogP contribution in [0.15, 0.2) is 73.7 Å². The summed E-state index contributed by atoms with van der Waals surface area (Å²) in [7, 11) is -3.70. The molecule has 2 aromatic carbocycles. The number of aryl methyl sites for hydroxylation is 2. The molecule has 1 aliphatic heterocycles. The highest BCUT2D eigenvalue weighted by Crippen LogP contribution is 2.30. The molecule has 2 N–H and O–H groups in total. The van der Waals surface area contributed by atoms with E-state index in [4.69, 9.17) is 4.42 Å². The first kappa shape index (κ1) is 21.1. The Kier molecular flexibility index (Phi) is 5.10. The van der Waals surface area contributed by atoms with E-state index >= 15 is 0 Å². The maximum atomic E-state index is 12.6. The number of thiazole rings is 1. The molecule has 0 saturated heterocycles. The van der Waals surface area contributed by atoms with Crippen LogP contribution < -0.4 is 10.6 Å². The van der Waals surface area contributed by atoms with Crippen molar-refractivity contribution < 1.29 is 17.6 Å². The summed E-state index contributed by atoms with van der Waals surface area (Å²) in [6.07, 6.45) is 0. The van der Waals surface area contributed by atoms with Gasteiger partial charge in [-0.05, 0) is 56.3 Å². The Morgan fingerprint density at radius 3 is 2.52 bits per heavy atom. The number of rotatable bonds is 4. The van der Waals surface area contributed by atoms with Crippen LogP contribution in [0.1, 0.15) is 27.4 Å². The number of nitrogens with one attached hydrogen (secondary N) is 2. The van der Waals surface area contributed by atoms with Gasteiger partial charge in [0.1, 0.15) is 16.4 Å². The van der Waals surface area contributed by atoms with Crippen LogP contribution in [-0.2, 0) is 10.0 Å². The smallest absolute Gasteiger partial charge is 0.285 e. The van der Waals surface area contributed by atoms with Gasteiger partial charge in [0.15, 0.2) is 11.0 Å². The van der Waals surface area contributed by atoms with Crippen LogP contribution in [0.4, 0.5) is 10.8 Å². The van der Waals surface area contributed by atoms with Gasteiger partial charge in [0.25, 0.3) is 15.9 Å². The van der Waals surface area contributed by atoms with Crippen molar-refractivity contribution in [2.45, 2.75) is 18.7 Å². The van der Waals surface area contributed by atoms with E-state index < -0.39 is 10.0 Å². The Labute approximate surface area is 194 Å². The molecule has 1 amide bonds. The minimum absolute atomic E-state index is 0.173. The van der Waals surface area contributed by atoms with Crippen molar-refractivity contribution in [1.29, 1.82) is 0 Å². The molecule has 5 rings (SSSR count). The number of amidine groups is 1. The van der Waals surface area contributed by atoms with Crippen molar-refractivity contribution in [2.24, 2.45) is 4.40 Å². The SMILES string of the molecule is Cc1cc(-c2csc(NC(=O)c3ccc(NC4=NS(=O)(=O)c5ccccc54)cc3)n2)c(C)o1. The zero-order chi connectivity index (χ0) is 23.2. The predicted molar refractivity (Wildman–Crippen MR) is 127 cm³/mol. The van der Waals surface area contributed by atoms with E-state index in [1.54, 1.807) is 42.5 Å². The number of aromatic nitrogens is 1. The van der Waals surface area contributed by atoms with Crippen molar-refractivity contribution in [1.82, 2.24) is 4.98 Å². The lowest BCUT2D eigenvalue weighted by molar-refractivity contribution is 0.102. The van der Waals surface area contributed by atoms with Gasteiger partial charge in [0, 0.05) is 27.8 Å². The van der Waals surface area contributed by atoms with Crippen LogP contribution in [0.5, 0.6) is 0 Å². The quantitative estimate of drug-likeness (QED) is 0.434. The van der Waals surface area contributed by atoms with Gasteiger partial charge >= 0.3 is 0 Å². The summed E-state index contributed by atoms with van der Waals surface area (Å²) in [6.45, 7) is 3.75. The zero-order valence-electron chi connectivity index (χ0n) is 17.6. The molecule has 0 saturated carbocycles. The predicted octanol–water partition coefficient (Wildman–Crippen LogP) is 4.83. The average Bonchev–Trinajstić information content (AvgIpc) is 3.45. The number of anilines is 2. The van der Waals surface area contributed by atoms with Gasteiger partial charge in [0.05, 0.1) is 5.69 Å². The van der Waals surface area contributed by atoms with Crippen LogP contribution >= 0.6 is 11.3 Å². The lowest BCUT2D eigenvalue weighted by atomic mass is 10.1. The van der Waals surface area contributed by atoms with Crippen molar-refractivity contribution in [3.05, 3.63) is 82.6 Å². The highest BCUT2D eigenvalue weighted by Gasteiger charge is 2.28. The molecule has 33 heavy (non-hydrogen) atoms. The molecule has 0 atom stereocenters. The Bertz CT molecular complexity index is 1520. The van der Waals surface area contributed by atoms with Crippen molar-refractivity contribution in [3.8, 4) is 11.3 Å². The first-order chi connectivity index (χ1) is 15.8. The van der Waals surface area contributed by atoms with Gasteiger partial charge < -0.3 is 9.73 Å². The van der Waals surface area contributed by atoms with E-state index in [0.29, 0.717) is 21.9 Å². The molecule has 2 aromatic heterocycles. The topological polar surface area (TPSA) is 114 Å². The summed E-state index contributed by atoms with van der Waals surface area (Å²) in [4.78, 5) is 17.3. The minimum atomic E-state index is -3.70. The van der Waals surface area contributed by atoms with Crippen LogP contribution in [0.25, 0.3) is 11.3 Å². The van der Waals surface area contributed by atoms with Gasteiger partial charge in [-0.25, -0.2) is 4.98 Å². The summed E-state index contributed by atoms with van der Waals surface area (Å²) >= 11 is 1.33. The normalized spacial score (nSPS) is 13.9. The number of fused-ring (bicyclic) bond motifs is 1. The summed E-state index contributed by atoms with van der Waals surface area (Å²) < 4.78 is 33.7. The molecular weight excluding hydrogens is 460 g/mol. The molecular formula is C23H18N4O4S2. The fourth-order valence-corrected chi connectivity index (χ4v) is 5.43. The maximum Gasteiger partial charge on any atom is 0.285 e. The van der Waals surface area contributed by atoms with Gasteiger partial charge in [-0.1, -0.05) is 12.1 Å². The Balaban J connectivity index is 1.29. The summed E-state index contributed by atoms with van der Waals surface area (Å²) in [5, 5.41) is 8.18. The summed E-state index contributed by atoms with van der Waals surface area (Å²) in [6, 6.07) is 15.2. The molecule has 0 spiro atoms. The van der Waals surface area contributed by atoms with Crippen molar-refractivity contribution in [3.63, 3.8) is 0 Å². The second-order valence-electron chi connectivity index (χ2n) is 7.43. The number of carbonyl (C=O) groups excluding carboxylic acids is 1. The molecule has 4 aromatic rings. The van der Waals surface area contributed by atoms with E-state index in [9.17, 15) is 13.2 Å². The second-order valence-corrected chi connectivity index (χ2v) is 9.86. The number of hydrogen-bond donors (Lipinski definition) is 2. The third-order valence-corrected chi connectivity index (χ3v) is 7.18.